The average Bonchev–Trinajstić information content (AvgIpc) is 3.28. The van der Waals surface area contributed by atoms with Gasteiger partial charge in [0.25, 0.3) is 0 Å². The highest BCUT2D eigenvalue weighted by molar-refractivity contribution is 7.89. The minimum atomic E-state index is -3.64. The topological polar surface area (TPSA) is 101 Å². The van der Waals surface area contributed by atoms with Gasteiger partial charge in [0.1, 0.15) is 4.90 Å². The average molecular weight is 376 g/mol. The van der Waals surface area contributed by atoms with E-state index in [-0.39, 0.29) is 16.8 Å². The molecule has 1 saturated heterocycles. The number of rotatable bonds is 3. The Hall–Kier alpha value is -2.33. The maximum atomic E-state index is 13.0. The fourth-order valence-electron chi connectivity index (χ4n) is 3.62. The van der Waals surface area contributed by atoms with Crippen molar-refractivity contribution in [3.8, 4) is 0 Å². The highest BCUT2D eigenvalue weighted by Crippen LogP contribution is 2.36. The van der Waals surface area contributed by atoms with Crippen LogP contribution in [0.5, 0.6) is 0 Å². The van der Waals surface area contributed by atoms with E-state index >= 15 is 0 Å². The van der Waals surface area contributed by atoms with Gasteiger partial charge in [-0.15, -0.1) is 10.2 Å². The van der Waals surface area contributed by atoms with Gasteiger partial charge in [-0.25, -0.2) is 8.42 Å². The van der Waals surface area contributed by atoms with Crippen LogP contribution >= 0.6 is 0 Å². The standard InChI is InChI=1S/C16H20N6O3S/c1-12(23)20-8-9-21-15(11-20)18-19-16(21)14-5-3-7-22(14)26(24,25)13-4-2-6-17-10-13/h2,4,6,10,14H,3,5,7-9,11H2,1H3. The lowest BCUT2D eigenvalue weighted by atomic mass is 10.2. The second kappa shape index (κ2) is 6.44. The van der Waals surface area contributed by atoms with Crippen LogP contribution in [0, 0.1) is 0 Å². The van der Waals surface area contributed by atoms with Crippen LogP contribution in [0.15, 0.2) is 29.4 Å². The van der Waals surface area contributed by atoms with Gasteiger partial charge in [0, 0.05) is 39.0 Å². The maximum absolute atomic E-state index is 13.0. The Labute approximate surface area is 151 Å². The fourth-order valence-corrected chi connectivity index (χ4v) is 5.24. The molecule has 0 aromatic carbocycles. The third kappa shape index (κ3) is 2.78. The van der Waals surface area contributed by atoms with E-state index in [2.05, 4.69) is 15.2 Å². The first-order chi connectivity index (χ1) is 12.5. The molecular formula is C16H20N6O3S. The SMILES string of the molecule is CC(=O)N1CCn2c(nnc2C2CCCN2S(=O)(=O)c2cccnc2)C1. The summed E-state index contributed by atoms with van der Waals surface area (Å²) >= 11 is 0. The van der Waals surface area contributed by atoms with Gasteiger partial charge in [0.2, 0.25) is 15.9 Å². The molecular weight excluding hydrogens is 356 g/mol. The lowest BCUT2D eigenvalue weighted by molar-refractivity contribution is -0.130. The number of hydrogen-bond donors (Lipinski definition) is 0. The van der Waals surface area contributed by atoms with Crippen molar-refractivity contribution in [2.45, 2.75) is 43.8 Å². The van der Waals surface area contributed by atoms with E-state index in [9.17, 15) is 13.2 Å². The number of amides is 1. The molecule has 2 aromatic heterocycles. The van der Waals surface area contributed by atoms with Gasteiger partial charge >= 0.3 is 0 Å². The Balaban J connectivity index is 1.66. The van der Waals surface area contributed by atoms with Crippen molar-refractivity contribution in [1.29, 1.82) is 0 Å². The van der Waals surface area contributed by atoms with Crippen LogP contribution < -0.4 is 0 Å². The molecule has 4 rings (SSSR count). The summed E-state index contributed by atoms with van der Waals surface area (Å²) in [6, 6.07) is 2.83. The summed E-state index contributed by atoms with van der Waals surface area (Å²) in [5.41, 5.74) is 0. The quantitative estimate of drug-likeness (QED) is 0.776. The van der Waals surface area contributed by atoms with Crippen molar-refractivity contribution in [1.82, 2.24) is 29.0 Å². The van der Waals surface area contributed by atoms with Crippen LogP contribution in [0.25, 0.3) is 0 Å². The molecule has 4 heterocycles. The van der Waals surface area contributed by atoms with Crippen molar-refractivity contribution in [3.05, 3.63) is 36.2 Å². The Morgan fingerprint density at radius 2 is 2.08 bits per heavy atom. The smallest absolute Gasteiger partial charge is 0.245 e. The first-order valence-corrected chi connectivity index (χ1v) is 10.0. The third-order valence-corrected chi connectivity index (χ3v) is 6.86. The predicted octanol–water partition coefficient (Wildman–Crippen LogP) is 0.561. The molecule has 2 aromatic rings. The number of aromatic nitrogens is 4. The largest absolute Gasteiger partial charge is 0.334 e. The summed E-state index contributed by atoms with van der Waals surface area (Å²) in [5, 5.41) is 8.49. The molecule has 0 saturated carbocycles. The predicted molar refractivity (Wildman–Crippen MR) is 91.2 cm³/mol. The molecule has 2 aliphatic rings. The Morgan fingerprint density at radius 3 is 2.81 bits per heavy atom. The molecule has 0 N–H and O–H groups in total. The van der Waals surface area contributed by atoms with E-state index < -0.39 is 10.0 Å². The third-order valence-electron chi connectivity index (χ3n) is 4.97. The van der Waals surface area contributed by atoms with Crippen molar-refractivity contribution < 1.29 is 13.2 Å². The van der Waals surface area contributed by atoms with Gasteiger partial charge < -0.3 is 9.47 Å². The first kappa shape index (κ1) is 17.1. The lowest BCUT2D eigenvalue weighted by Crippen LogP contribution is -2.38. The Kier molecular flexibility index (Phi) is 4.23. The molecule has 26 heavy (non-hydrogen) atoms. The van der Waals surface area contributed by atoms with Crippen molar-refractivity contribution in [3.63, 3.8) is 0 Å². The van der Waals surface area contributed by atoms with Crippen LogP contribution in [-0.2, 0) is 27.9 Å². The lowest BCUT2D eigenvalue weighted by Gasteiger charge is -2.29. The number of carbonyl (C=O) groups excluding carboxylic acids is 1. The minimum absolute atomic E-state index is 0.00227. The highest BCUT2D eigenvalue weighted by atomic mass is 32.2. The molecule has 0 radical (unpaired) electrons. The summed E-state index contributed by atoms with van der Waals surface area (Å²) in [6.45, 7) is 3.55. The monoisotopic (exact) mass is 376 g/mol. The van der Waals surface area contributed by atoms with Gasteiger partial charge in [-0.2, -0.15) is 4.31 Å². The van der Waals surface area contributed by atoms with E-state index in [0.29, 0.717) is 44.2 Å². The van der Waals surface area contributed by atoms with Gasteiger partial charge in [-0.3, -0.25) is 9.78 Å². The summed E-state index contributed by atoms with van der Waals surface area (Å²) in [5.74, 6) is 1.36. The first-order valence-electron chi connectivity index (χ1n) is 8.58. The van der Waals surface area contributed by atoms with Crippen LogP contribution in [-0.4, -0.2) is 56.4 Å². The maximum Gasteiger partial charge on any atom is 0.245 e. The molecule has 1 fully saturated rings. The van der Waals surface area contributed by atoms with E-state index in [1.807, 2.05) is 4.57 Å². The van der Waals surface area contributed by atoms with Crippen molar-refractivity contribution in [2.24, 2.45) is 0 Å². The van der Waals surface area contributed by atoms with Crippen LogP contribution in [0.2, 0.25) is 0 Å². The summed E-state index contributed by atoms with van der Waals surface area (Å²) in [7, 11) is -3.64. The second-order valence-electron chi connectivity index (χ2n) is 6.53. The van der Waals surface area contributed by atoms with Gasteiger partial charge in [-0.1, -0.05) is 0 Å². The molecule has 2 aliphatic heterocycles. The summed E-state index contributed by atoms with van der Waals surface area (Å²) in [6.07, 6.45) is 4.39. The zero-order chi connectivity index (χ0) is 18.3. The molecule has 0 aliphatic carbocycles. The fraction of sp³-hybridized carbons (Fsp3) is 0.500. The Bertz CT molecular complexity index is 927. The van der Waals surface area contributed by atoms with Crippen molar-refractivity contribution in [2.75, 3.05) is 13.1 Å². The molecule has 1 atom stereocenters. The summed E-state index contributed by atoms with van der Waals surface area (Å²) in [4.78, 5) is 17.4. The number of hydrogen-bond acceptors (Lipinski definition) is 6. The molecule has 0 spiro atoms. The zero-order valence-corrected chi connectivity index (χ0v) is 15.3. The van der Waals surface area contributed by atoms with Gasteiger partial charge in [0.15, 0.2) is 11.6 Å². The van der Waals surface area contributed by atoms with Gasteiger partial charge in [-0.05, 0) is 25.0 Å². The second-order valence-corrected chi connectivity index (χ2v) is 8.42. The normalized spacial score (nSPS) is 21.0. The highest BCUT2D eigenvalue weighted by Gasteiger charge is 2.40. The van der Waals surface area contributed by atoms with E-state index in [1.165, 1.54) is 17.4 Å². The number of fused-ring (bicyclic) bond motifs is 1. The zero-order valence-electron chi connectivity index (χ0n) is 14.4. The molecule has 9 nitrogen and oxygen atoms in total. The number of carbonyl (C=O) groups is 1. The number of pyridine rings is 1. The number of nitrogens with zero attached hydrogens (tertiary/aromatic N) is 6. The van der Waals surface area contributed by atoms with Crippen LogP contribution in [0.3, 0.4) is 0 Å². The molecule has 1 unspecified atom stereocenters. The van der Waals surface area contributed by atoms with Gasteiger partial charge in [0.05, 0.1) is 12.6 Å². The molecule has 138 valence electrons. The van der Waals surface area contributed by atoms with Crippen molar-refractivity contribution >= 4 is 15.9 Å². The molecule has 10 heteroatoms. The Morgan fingerprint density at radius 1 is 1.23 bits per heavy atom. The summed E-state index contributed by atoms with van der Waals surface area (Å²) < 4.78 is 29.5. The number of sulfonamides is 1. The van der Waals surface area contributed by atoms with E-state index in [1.54, 1.807) is 23.2 Å². The van der Waals surface area contributed by atoms with E-state index in [4.69, 9.17) is 0 Å². The van der Waals surface area contributed by atoms with Crippen LogP contribution in [0.4, 0.5) is 0 Å². The minimum Gasteiger partial charge on any atom is -0.334 e. The van der Waals surface area contributed by atoms with E-state index in [0.717, 1.165) is 6.42 Å². The molecule has 0 bridgehead atoms. The molecule has 1 amide bonds. The van der Waals surface area contributed by atoms with Crippen LogP contribution in [0.1, 0.15) is 37.5 Å².